The van der Waals surface area contributed by atoms with Crippen molar-refractivity contribution in [3.8, 4) is 0 Å². The topological polar surface area (TPSA) is 88.3 Å². The first kappa shape index (κ1) is 14.0. The Hall–Kier alpha value is -1.47. The Balaban J connectivity index is 1.98. The Morgan fingerprint density at radius 3 is 2.95 bits per heavy atom. The molecule has 0 aliphatic carbocycles. The minimum Gasteiger partial charge on any atom is -0.352 e. The van der Waals surface area contributed by atoms with Crippen LogP contribution >= 0.6 is 11.3 Å². The third-order valence-electron chi connectivity index (χ3n) is 3.01. The van der Waals surface area contributed by atoms with Crippen molar-refractivity contribution in [3.05, 3.63) is 16.1 Å². The van der Waals surface area contributed by atoms with Crippen molar-refractivity contribution >= 4 is 23.2 Å². The zero-order valence-electron chi connectivity index (χ0n) is 11.0. The van der Waals surface area contributed by atoms with Crippen molar-refractivity contribution in [1.29, 1.82) is 0 Å². The van der Waals surface area contributed by atoms with Crippen LogP contribution in [0.5, 0.6) is 0 Å². The molecule has 2 amide bonds. The number of amides is 2. The molecule has 2 unspecified atom stereocenters. The maximum Gasteiger partial charge on any atom is 0.273 e. The molecule has 1 aliphatic rings. The molecule has 1 aromatic rings. The van der Waals surface area contributed by atoms with Crippen LogP contribution in [0.1, 0.15) is 41.8 Å². The van der Waals surface area contributed by atoms with E-state index in [0.717, 1.165) is 11.4 Å². The lowest BCUT2D eigenvalue weighted by molar-refractivity contribution is -0.119. The van der Waals surface area contributed by atoms with E-state index >= 15 is 0 Å². The fourth-order valence-corrected chi connectivity index (χ4v) is 2.86. The summed E-state index contributed by atoms with van der Waals surface area (Å²) in [7, 11) is 0. The molecule has 2 rings (SSSR count). The Morgan fingerprint density at radius 2 is 2.37 bits per heavy atom. The molecular weight excluding hydrogens is 264 g/mol. The van der Waals surface area contributed by atoms with E-state index in [0.29, 0.717) is 18.8 Å². The summed E-state index contributed by atoms with van der Waals surface area (Å²) < 4.78 is 0. The van der Waals surface area contributed by atoms with E-state index in [1.807, 2.05) is 6.92 Å². The second kappa shape index (κ2) is 5.66. The highest BCUT2D eigenvalue weighted by atomic mass is 32.1. The number of nitrogens with zero attached hydrogens (tertiary/aromatic N) is 2. The smallest absolute Gasteiger partial charge is 0.273 e. The first-order valence-corrected chi connectivity index (χ1v) is 7.12. The summed E-state index contributed by atoms with van der Waals surface area (Å²) in [6.45, 7) is 4.52. The number of nitrogens with two attached hydrogens (primary N) is 1. The summed E-state index contributed by atoms with van der Waals surface area (Å²) in [6, 6.07) is -0.106. The van der Waals surface area contributed by atoms with Crippen molar-refractivity contribution < 1.29 is 9.59 Å². The third-order valence-corrected chi connectivity index (χ3v) is 4.06. The van der Waals surface area contributed by atoms with Crippen LogP contribution in [0.2, 0.25) is 0 Å². The summed E-state index contributed by atoms with van der Waals surface area (Å²) >= 11 is 1.40. The molecular formula is C12H18N4O2S. The summed E-state index contributed by atoms with van der Waals surface area (Å²) in [5, 5.41) is 5.34. The van der Waals surface area contributed by atoms with Gasteiger partial charge in [-0.05, 0) is 13.3 Å². The van der Waals surface area contributed by atoms with Crippen LogP contribution < -0.4 is 11.1 Å². The van der Waals surface area contributed by atoms with Gasteiger partial charge in [-0.3, -0.25) is 9.59 Å². The fourth-order valence-electron chi connectivity index (χ4n) is 2.11. The van der Waals surface area contributed by atoms with E-state index in [9.17, 15) is 9.59 Å². The van der Waals surface area contributed by atoms with Crippen molar-refractivity contribution in [1.82, 2.24) is 15.2 Å². The highest BCUT2D eigenvalue weighted by molar-refractivity contribution is 7.09. The number of rotatable bonds is 3. The number of carbonyl (C=O) groups excluding carboxylic acids is 2. The van der Waals surface area contributed by atoms with Gasteiger partial charge in [0.05, 0.1) is 6.04 Å². The number of likely N-dealkylation sites (tertiary alicyclic amines) is 1. The normalized spacial score (nSPS) is 20.4. The third kappa shape index (κ3) is 3.30. The fraction of sp³-hybridized carbons (Fsp3) is 0.583. The van der Waals surface area contributed by atoms with Crippen molar-refractivity contribution in [3.63, 3.8) is 0 Å². The minimum absolute atomic E-state index is 0.0491. The average Bonchev–Trinajstić information content (AvgIpc) is 2.95. The lowest BCUT2D eigenvalue weighted by Gasteiger charge is -2.15. The van der Waals surface area contributed by atoms with Gasteiger partial charge >= 0.3 is 0 Å². The minimum atomic E-state index is -0.155. The first-order valence-electron chi connectivity index (χ1n) is 6.24. The van der Waals surface area contributed by atoms with Gasteiger partial charge in [0, 0.05) is 31.4 Å². The number of nitrogens with one attached hydrogen (secondary N) is 1. The summed E-state index contributed by atoms with van der Waals surface area (Å²) in [6.07, 6.45) is 0.787. The van der Waals surface area contributed by atoms with Crippen LogP contribution in [0.3, 0.4) is 0 Å². The van der Waals surface area contributed by atoms with E-state index in [1.165, 1.54) is 18.3 Å². The molecule has 6 nitrogen and oxygen atoms in total. The van der Waals surface area contributed by atoms with Crippen LogP contribution in [-0.2, 0) is 4.79 Å². The Morgan fingerprint density at radius 1 is 1.63 bits per heavy atom. The van der Waals surface area contributed by atoms with Crippen LogP contribution in [0.25, 0.3) is 0 Å². The Bertz CT molecular complexity index is 486. The number of hydrogen-bond acceptors (Lipinski definition) is 5. The molecule has 0 bridgehead atoms. The molecule has 0 aromatic carbocycles. The molecule has 0 saturated carbocycles. The van der Waals surface area contributed by atoms with Crippen LogP contribution in [0, 0.1) is 0 Å². The van der Waals surface area contributed by atoms with E-state index in [4.69, 9.17) is 5.73 Å². The van der Waals surface area contributed by atoms with Crippen molar-refractivity contribution in [2.75, 3.05) is 13.1 Å². The summed E-state index contributed by atoms with van der Waals surface area (Å²) in [4.78, 5) is 29.2. The highest BCUT2D eigenvalue weighted by Crippen LogP contribution is 2.19. The van der Waals surface area contributed by atoms with Gasteiger partial charge in [0.15, 0.2) is 0 Å². The van der Waals surface area contributed by atoms with Gasteiger partial charge in [-0.1, -0.05) is 0 Å². The molecule has 2 heterocycles. The maximum atomic E-state index is 12.2. The molecule has 0 spiro atoms. The van der Waals surface area contributed by atoms with Gasteiger partial charge in [-0.15, -0.1) is 11.3 Å². The molecule has 0 radical (unpaired) electrons. The zero-order chi connectivity index (χ0) is 14.0. The van der Waals surface area contributed by atoms with Gasteiger partial charge < -0.3 is 16.0 Å². The molecule has 104 valence electrons. The molecule has 1 saturated heterocycles. The number of hydrogen-bond donors (Lipinski definition) is 2. The standard InChI is InChI=1S/C12H18N4O2S/c1-7(13)11-15-10(6-19-11)12(18)16-4-3-9(5-16)14-8(2)17/h6-7,9H,3-5,13H2,1-2H3,(H,14,17). The number of thiazole rings is 1. The largest absolute Gasteiger partial charge is 0.352 e. The zero-order valence-corrected chi connectivity index (χ0v) is 11.9. The van der Waals surface area contributed by atoms with E-state index < -0.39 is 0 Å². The van der Waals surface area contributed by atoms with Gasteiger partial charge in [0.25, 0.3) is 5.91 Å². The highest BCUT2D eigenvalue weighted by Gasteiger charge is 2.28. The maximum absolute atomic E-state index is 12.2. The van der Waals surface area contributed by atoms with Crippen molar-refractivity contribution in [2.24, 2.45) is 5.73 Å². The molecule has 2 atom stereocenters. The molecule has 1 aromatic heterocycles. The van der Waals surface area contributed by atoms with Gasteiger partial charge in [0.2, 0.25) is 5.91 Å². The van der Waals surface area contributed by atoms with Gasteiger partial charge in [-0.25, -0.2) is 4.98 Å². The first-order chi connectivity index (χ1) is 8.97. The van der Waals surface area contributed by atoms with Crippen LogP contribution in [0.15, 0.2) is 5.38 Å². The monoisotopic (exact) mass is 282 g/mol. The van der Waals surface area contributed by atoms with E-state index in [1.54, 1.807) is 10.3 Å². The lowest BCUT2D eigenvalue weighted by atomic mass is 10.2. The average molecular weight is 282 g/mol. The molecule has 19 heavy (non-hydrogen) atoms. The van der Waals surface area contributed by atoms with E-state index in [2.05, 4.69) is 10.3 Å². The molecule has 1 fully saturated rings. The molecule has 7 heteroatoms. The van der Waals surface area contributed by atoms with Gasteiger partial charge in [-0.2, -0.15) is 0 Å². The molecule has 3 N–H and O–H groups in total. The predicted molar refractivity (Wildman–Crippen MR) is 72.8 cm³/mol. The van der Waals surface area contributed by atoms with Crippen LogP contribution in [-0.4, -0.2) is 40.8 Å². The number of carbonyl (C=O) groups is 2. The second-order valence-corrected chi connectivity index (χ2v) is 5.69. The van der Waals surface area contributed by atoms with Gasteiger partial charge in [0.1, 0.15) is 10.7 Å². The Kier molecular flexibility index (Phi) is 4.16. The van der Waals surface area contributed by atoms with Crippen molar-refractivity contribution in [2.45, 2.75) is 32.4 Å². The number of aromatic nitrogens is 1. The summed E-state index contributed by atoms with van der Waals surface area (Å²) in [5.41, 5.74) is 6.18. The molecule has 1 aliphatic heterocycles. The second-order valence-electron chi connectivity index (χ2n) is 4.80. The van der Waals surface area contributed by atoms with E-state index in [-0.39, 0.29) is 23.9 Å². The quantitative estimate of drug-likeness (QED) is 0.845. The summed E-state index contributed by atoms with van der Waals surface area (Å²) in [5.74, 6) is -0.150. The lowest BCUT2D eigenvalue weighted by Crippen LogP contribution is -2.37. The predicted octanol–water partition coefficient (Wildman–Crippen LogP) is 0.513. The van der Waals surface area contributed by atoms with Crippen LogP contribution in [0.4, 0.5) is 0 Å². The SMILES string of the molecule is CC(=O)NC1CCN(C(=O)c2csc(C(C)N)n2)C1. The Labute approximate surface area is 116 Å².